The minimum atomic E-state index is -0.179. The maximum absolute atomic E-state index is 11.8. The van der Waals surface area contributed by atoms with E-state index in [-0.39, 0.29) is 16.6 Å². The smallest absolute Gasteiger partial charge is 0.164 e. The largest absolute Gasteiger partial charge is 0.507 e. The van der Waals surface area contributed by atoms with Gasteiger partial charge in [-0.05, 0) is 261 Å². The van der Waals surface area contributed by atoms with Crippen LogP contribution in [-0.2, 0) is 23.7 Å². The number of aromatic hydroxyl groups is 1. The van der Waals surface area contributed by atoms with Crippen molar-refractivity contribution in [2.75, 3.05) is 0 Å². The van der Waals surface area contributed by atoms with E-state index >= 15 is 0 Å². The van der Waals surface area contributed by atoms with Gasteiger partial charge >= 0.3 is 0 Å². The zero-order valence-corrected chi connectivity index (χ0v) is 60.6. The highest BCUT2D eigenvalue weighted by atomic mass is 16.3. The summed E-state index contributed by atoms with van der Waals surface area (Å²) in [5, 5.41) is 13.8. The number of hydrogen-bond acceptors (Lipinski definition) is 4. The first-order chi connectivity index (χ1) is 48.6. The molecule has 0 saturated carbocycles. The third-order valence-corrected chi connectivity index (χ3v) is 21.3. The molecule has 0 atom stereocenters. The second-order valence-corrected chi connectivity index (χ2v) is 30.6. The number of aryl methyl sites for hydroxylation is 10. The fraction of sp³-hybridized carbons (Fsp3) is 0.188. The number of furan rings is 1. The molecule has 0 unspecified atom stereocenters. The highest BCUT2D eigenvalue weighted by Crippen LogP contribution is 2.54. The van der Waals surface area contributed by atoms with E-state index in [1.165, 1.54) is 66.8 Å². The molecule has 3 aromatic heterocycles. The zero-order chi connectivity index (χ0) is 70.1. The lowest BCUT2D eigenvalue weighted by atomic mass is 9.79. The van der Waals surface area contributed by atoms with Crippen molar-refractivity contribution >= 4 is 33.0 Å². The van der Waals surface area contributed by atoms with Crippen LogP contribution in [0.2, 0.25) is 0 Å². The summed E-state index contributed by atoms with van der Waals surface area (Å²) >= 11 is 0. The number of benzene rings is 12. The van der Waals surface area contributed by atoms with Crippen molar-refractivity contribution in [2.24, 2.45) is 0 Å². The lowest BCUT2D eigenvalue weighted by Crippen LogP contribution is -2.11. The number of rotatable bonds is 10. The molecule has 0 saturated heterocycles. The number of para-hydroxylation sites is 2. The van der Waals surface area contributed by atoms with Crippen LogP contribution in [0.5, 0.6) is 5.75 Å². The van der Waals surface area contributed by atoms with Crippen LogP contribution in [0.25, 0.3) is 150 Å². The van der Waals surface area contributed by atoms with E-state index in [2.05, 4.69) is 320 Å². The van der Waals surface area contributed by atoms with Crippen molar-refractivity contribution in [2.45, 2.75) is 121 Å². The van der Waals surface area contributed by atoms with Gasteiger partial charge in [0.15, 0.2) is 5.82 Å². The fourth-order valence-electron chi connectivity index (χ4n) is 16.7. The van der Waals surface area contributed by atoms with Gasteiger partial charge in [0.25, 0.3) is 0 Å². The number of pyridine rings is 1. The number of hydrogen-bond donors (Lipinski definition) is 1. The lowest BCUT2D eigenvalue weighted by Gasteiger charge is -2.25. The first kappa shape index (κ1) is 64.5. The summed E-state index contributed by atoms with van der Waals surface area (Å²) in [6, 6.07) is 85.4. The number of phenols is 1. The van der Waals surface area contributed by atoms with Crippen LogP contribution in [-0.4, -0.2) is 19.6 Å². The maximum atomic E-state index is 11.8. The molecule has 1 aliphatic carbocycles. The minimum absolute atomic E-state index is 0.122. The fourth-order valence-corrected chi connectivity index (χ4v) is 16.7. The molecule has 0 spiro atoms. The van der Waals surface area contributed by atoms with Crippen molar-refractivity contribution in [1.29, 1.82) is 0 Å². The Morgan fingerprint density at radius 1 is 0.366 bits per heavy atom. The molecule has 12 aromatic carbocycles. The van der Waals surface area contributed by atoms with Gasteiger partial charge < -0.3 is 9.52 Å². The molecule has 0 radical (unpaired) electrons. The summed E-state index contributed by atoms with van der Waals surface area (Å²) in [4.78, 5) is 11.9. The molecule has 5 nitrogen and oxygen atoms in total. The number of nitrogens with zero attached hydrogens (tertiary/aromatic N) is 3. The molecule has 101 heavy (non-hydrogen) atoms. The zero-order valence-electron chi connectivity index (χ0n) is 60.6. The van der Waals surface area contributed by atoms with Gasteiger partial charge in [-0.3, -0.25) is 4.57 Å². The number of phenolic OH excluding ortho intramolecular Hbond substituents is 1. The van der Waals surface area contributed by atoms with Crippen LogP contribution in [0.4, 0.5) is 0 Å². The van der Waals surface area contributed by atoms with Crippen molar-refractivity contribution in [3.63, 3.8) is 0 Å². The van der Waals surface area contributed by atoms with Crippen LogP contribution in [0, 0.1) is 55.4 Å². The van der Waals surface area contributed by atoms with Gasteiger partial charge in [0.1, 0.15) is 22.6 Å². The van der Waals surface area contributed by atoms with E-state index in [4.69, 9.17) is 14.4 Å². The summed E-state index contributed by atoms with van der Waals surface area (Å²) in [7, 11) is 0. The van der Waals surface area contributed by atoms with Crippen LogP contribution in [0.3, 0.4) is 0 Å². The molecule has 3 heterocycles. The third-order valence-electron chi connectivity index (χ3n) is 21.3. The molecular formula is C96H85N3O2. The van der Waals surface area contributed by atoms with E-state index < -0.39 is 0 Å². The second kappa shape index (κ2) is 24.6. The topological polar surface area (TPSA) is 64.1 Å². The molecule has 496 valence electrons. The third kappa shape index (κ3) is 11.2. The van der Waals surface area contributed by atoms with Gasteiger partial charge in [-0.2, -0.15) is 0 Å². The number of imidazole rings is 1. The van der Waals surface area contributed by atoms with Gasteiger partial charge in [-0.15, -0.1) is 0 Å². The molecule has 15 aromatic rings. The Hall–Kier alpha value is -11.1. The molecule has 0 fully saturated rings. The van der Waals surface area contributed by atoms with Crippen LogP contribution < -0.4 is 0 Å². The Balaban J connectivity index is 1.11. The van der Waals surface area contributed by atoms with Gasteiger partial charge in [0, 0.05) is 21.9 Å². The average Bonchev–Trinajstić information content (AvgIpc) is 1.63. The lowest BCUT2D eigenvalue weighted by molar-refractivity contribution is 0.476. The van der Waals surface area contributed by atoms with Crippen molar-refractivity contribution in [1.82, 2.24) is 14.5 Å². The number of aromatic nitrogens is 3. The predicted molar refractivity (Wildman–Crippen MR) is 425 cm³/mol. The summed E-state index contributed by atoms with van der Waals surface area (Å²) in [5.74, 6) is 0.937. The normalized spacial score (nSPS) is 12.4. The van der Waals surface area contributed by atoms with Crippen LogP contribution in [0.1, 0.15) is 108 Å². The Morgan fingerprint density at radius 3 is 1.59 bits per heavy atom. The van der Waals surface area contributed by atoms with E-state index in [1.54, 1.807) is 6.07 Å². The molecule has 5 heteroatoms. The monoisotopic (exact) mass is 1310 g/mol. The van der Waals surface area contributed by atoms with Gasteiger partial charge in [-0.1, -0.05) is 241 Å². The molecular weight excluding hydrogens is 1230 g/mol. The quantitative estimate of drug-likeness (QED) is 0.148. The summed E-state index contributed by atoms with van der Waals surface area (Å²) < 4.78 is 9.81. The highest BCUT2D eigenvalue weighted by Gasteiger charge is 2.32. The first-order valence-corrected chi connectivity index (χ1v) is 35.7. The van der Waals surface area contributed by atoms with Crippen molar-refractivity contribution in [3.05, 3.63) is 297 Å². The van der Waals surface area contributed by atoms with Gasteiger partial charge in [0.05, 0.1) is 22.4 Å². The molecule has 1 N–H and O–H groups in total. The predicted octanol–water partition coefficient (Wildman–Crippen LogP) is 25.9. The standard InChI is InChI=1S/C96H85N3O2/c1-55-45-59(5)84(60(6)46-55)75-35-24-36-76(85-61(7)47-56(2)48-62(85)8)89(75)77-42-44-80-92(98-94(99(80)93-57(3)25-20-26-58(93)4)79-43-41-65-40-39-64-29-22-37-81(100)87(64)91(65)97-79)86(77)69-53-78(90-74-32-18-19-38-82(74)101-83(90)54-69)88-72(66-30-21-31-70(50-66)95(9,10)11)33-23-34-73(88)68-49-67(63-27-16-15-17-28-63)51-71(52-68)96(12,13)14/h15-38,41-54,100H,39-40H2,1-14H3. The Labute approximate surface area is 594 Å². The van der Waals surface area contributed by atoms with Gasteiger partial charge in [-0.25, -0.2) is 9.97 Å². The number of fused-ring (bicyclic) bond motifs is 7. The highest BCUT2D eigenvalue weighted by molar-refractivity contribution is 6.19. The molecule has 1 aliphatic rings. The van der Waals surface area contributed by atoms with Crippen molar-refractivity contribution < 1.29 is 9.52 Å². The Bertz CT molecular complexity index is 5760. The second-order valence-electron chi connectivity index (χ2n) is 30.6. The van der Waals surface area contributed by atoms with E-state index in [0.29, 0.717) is 11.5 Å². The maximum Gasteiger partial charge on any atom is 0.164 e. The van der Waals surface area contributed by atoms with Gasteiger partial charge in [0.2, 0.25) is 0 Å². The average molecular weight is 1310 g/mol. The van der Waals surface area contributed by atoms with E-state index in [0.717, 1.165) is 152 Å². The van der Waals surface area contributed by atoms with E-state index in [1.807, 2.05) is 6.07 Å². The Kier molecular flexibility index (Phi) is 15.7. The van der Waals surface area contributed by atoms with Crippen LogP contribution >= 0.6 is 0 Å². The first-order valence-electron chi connectivity index (χ1n) is 35.7. The van der Waals surface area contributed by atoms with Crippen LogP contribution in [0.15, 0.2) is 235 Å². The van der Waals surface area contributed by atoms with E-state index in [9.17, 15) is 5.11 Å². The SMILES string of the molecule is Cc1cc(C)c(-c2cccc(-c3c(C)cc(C)cc3C)c2-c2ccc3c(nc(-c4ccc5c(n4)-c4c(O)cccc4CC5)n3-c3c(C)cccc3C)c2-c2cc(-c3c(-c4cccc(C(C)(C)C)c4)cccc3-c3cc(-c4ccccc4)cc(C(C)(C)C)c3)c3c(c2)oc2ccccc23)c(C)c1. The summed E-state index contributed by atoms with van der Waals surface area (Å²) in [6.07, 6.45) is 1.64. The molecule has 0 aliphatic heterocycles. The minimum Gasteiger partial charge on any atom is -0.507 e. The Morgan fingerprint density at radius 2 is 0.921 bits per heavy atom. The molecule has 0 amide bonds. The summed E-state index contributed by atoms with van der Waals surface area (Å²) in [6.45, 7) is 31.8. The molecule has 0 bridgehead atoms. The van der Waals surface area contributed by atoms with Crippen molar-refractivity contribution in [3.8, 4) is 123 Å². The summed E-state index contributed by atoms with van der Waals surface area (Å²) in [5.41, 5.74) is 38.4. The molecule has 16 rings (SSSR count).